The molecule has 0 saturated heterocycles. The highest BCUT2D eigenvalue weighted by molar-refractivity contribution is 7.14. The molecule has 0 radical (unpaired) electrons. The lowest BCUT2D eigenvalue weighted by Crippen LogP contribution is -2.41. The van der Waals surface area contributed by atoms with Gasteiger partial charge < -0.3 is 16.4 Å². The van der Waals surface area contributed by atoms with Gasteiger partial charge in [0.1, 0.15) is 5.00 Å². The van der Waals surface area contributed by atoms with Gasteiger partial charge in [0.15, 0.2) is 0 Å². The average Bonchev–Trinajstić information content (AvgIpc) is 3.38. The summed E-state index contributed by atoms with van der Waals surface area (Å²) in [5, 5.41) is 8.22. The maximum absolute atomic E-state index is 12.6. The first-order valence-electron chi connectivity index (χ1n) is 8.99. The number of amides is 2. The Morgan fingerprint density at radius 3 is 2.37 bits per heavy atom. The standard InChI is InChI=1S/C20H25N3O2S.ClH/c1-12(2)13-3-7-15(8-4-13)18(24)23-20-16(9-10-26-20)19(25)22-17(11-21)14-5-6-14;/h3-4,7-10,12,14,17H,5-6,11,21H2,1-2H3,(H,22,25)(H,23,24);1H. The molecule has 27 heavy (non-hydrogen) atoms. The Kier molecular flexibility index (Phi) is 7.41. The predicted molar refractivity (Wildman–Crippen MR) is 113 cm³/mol. The first kappa shape index (κ1) is 21.4. The van der Waals surface area contributed by atoms with Crippen molar-refractivity contribution in [1.82, 2.24) is 5.32 Å². The molecule has 1 saturated carbocycles. The van der Waals surface area contributed by atoms with Gasteiger partial charge in [-0.2, -0.15) is 0 Å². The summed E-state index contributed by atoms with van der Waals surface area (Å²) in [5.74, 6) is 0.509. The summed E-state index contributed by atoms with van der Waals surface area (Å²) < 4.78 is 0. The summed E-state index contributed by atoms with van der Waals surface area (Å²) in [4.78, 5) is 25.1. The van der Waals surface area contributed by atoms with Crippen LogP contribution in [-0.2, 0) is 0 Å². The second-order valence-corrected chi connectivity index (χ2v) is 7.96. The van der Waals surface area contributed by atoms with E-state index in [-0.39, 0.29) is 30.3 Å². The maximum atomic E-state index is 12.6. The fourth-order valence-corrected chi connectivity index (χ4v) is 3.67. The monoisotopic (exact) mass is 407 g/mol. The van der Waals surface area contributed by atoms with E-state index in [4.69, 9.17) is 5.73 Å². The number of halogens is 1. The maximum Gasteiger partial charge on any atom is 0.256 e. The second kappa shape index (κ2) is 9.35. The third-order valence-electron chi connectivity index (χ3n) is 4.74. The summed E-state index contributed by atoms with van der Waals surface area (Å²) >= 11 is 1.34. The van der Waals surface area contributed by atoms with E-state index in [1.54, 1.807) is 11.4 Å². The van der Waals surface area contributed by atoms with Crippen molar-refractivity contribution >= 4 is 40.6 Å². The highest BCUT2D eigenvalue weighted by Crippen LogP contribution is 2.33. The second-order valence-electron chi connectivity index (χ2n) is 7.05. The Hall–Kier alpha value is -1.89. The van der Waals surface area contributed by atoms with Crippen molar-refractivity contribution in [2.45, 2.75) is 38.6 Å². The summed E-state index contributed by atoms with van der Waals surface area (Å²) in [6.45, 7) is 4.66. The number of hydrogen-bond acceptors (Lipinski definition) is 4. The van der Waals surface area contributed by atoms with Crippen molar-refractivity contribution in [3.05, 3.63) is 52.4 Å². The molecular formula is C20H26ClN3O2S. The molecule has 1 aromatic heterocycles. The van der Waals surface area contributed by atoms with Crippen LogP contribution in [0.2, 0.25) is 0 Å². The summed E-state index contributed by atoms with van der Waals surface area (Å²) in [5.41, 5.74) is 8.01. The Bertz CT molecular complexity index is 785. The topological polar surface area (TPSA) is 84.2 Å². The highest BCUT2D eigenvalue weighted by atomic mass is 35.5. The number of carbonyl (C=O) groups excluding carboxylic acids is 2. The van der Waals surface area contributed by atoms with Crippen LogP contribution in [0.3, 0.4) is 0 Å². The number of nitrogens with one attached hydrogen (secondary N) is 2. The fourth-order valence-electron chi connectivity index (χ4n) is 2.89. The SMILES string of the molecule is CC(C)c1ccc(C(=O)Nc2sccc2C(=O)NC(CN)C2CC2)cc1.Cl. The van der Waals surface area contributed by atoms with E-state index in [0.29, 0.717) is 34.5 Å². The molecule has 1 unspecified atom stereocenters. The van der Waals surface area contributed by atoms with Crippen molar-refractivity contribution in [1.29, 1.82) is 0 Å². The van der Waals surface area contributed by atoms with E-state index in [2.05, 4.69) is 24.5 Å². The quantitative estimate of drug-likeness (QED) is 0.648. The van der Waals surface area contributed by atoms with Gasteiger partial charge in [-0.15, -0.1) is 23.7 Å². The van der Waals surface area contributed by atoms with E-state index < -0.39 is 0 Å². The minimum Gasteiger partial charge on any atom is -0.348 e. The van der Waals surface area contributed by atoms with Gasteiger partial charge in [-0.1, -0.05) is 26.0 Å². The Balaban J connectivity index is 0.00000261. The molecule has 1 heterocycles. The number of benzene rings is 1. The van der Waals surface area contributed by atoms with Crippen LogP contribution in [0.1, 0.15) is 58.9 Å². The first-order chi connectivity index (χ1) is 12.5. The van der Waals surface area contributed by atoms with E-state index in [1.165, 1.54) is 16.9 Å². The molecule has 146 valence electrons. The molecule has 4 N–H and O–H groups in total. The smallest absolute Gasteiger partial charge is 0.256 e. The van der Waals surface area contributed by atoms with E-state index >= 15 is 0 Å². The predicted octanol–water partition coefficient (Wildman–Crippen LogP) is 4.01. The lowest BCUT2D eigenvalue weighted by molar-refractivity contribution is 0.0935. The van der Waals surface area contributed by atoms with E-state index in [1.807, 2.05) is 24.3 Å². The lowest BCUT2D eigenvalue weighted by Gasteiger charge is -2.16. The third-order valence-corrected chi connectivity index (χ3v) is 5.57. The molecule has 1 fully saturated rings. The van der Waals surface area contributed by atoms with Crippen LogP contribution in [0.15, 0.2) is 35.7 Å². The zero-order valence-corrected chi connectivity index (χ0v) is 17.2. The van der Waals surface area contributed by atoms with Crippen LogP contribution >= 0.6 is 23.7 Å². The number of carbonyl (C=O) groups is 2. The zero-order valence-electron chi connectivity index (χ0n) is 15.5. The number of nitrogens with two attached hydrogens (primary N) is 1. The number of anilines is 1. The Morgan fingerprint density at radius 2 is 1.81 bits per heavy atom. The van der Waals surface area contributed by atoms with Gasteiger partial charge in [-0.05, 0) is 53.8 Å². The van der Waals surface area contributed by atoms with Crippen molar-refractivity contribution in [2.75, 3.05) is 11.9 Å². The molecule has 5 nitrogen and oxygen atoms in total. The Morgan fingerprint density at radius 1 is 1.15 bits per heavy atom. The zero-order chi connectivity index (χ0) is 18.7. The first-order valence-corrected chi connectivity index (χ1v) is 9.87. The minimum absolute atomic E-state index is 0. The average molecular weight is 408 g/mol. The van der Waals surface area contributed by atoms with Gasteiger partial charge in [0.05, 0.1) is 5.56 Å². The van der Waals surface area contributed by atoms with Gasteiger partial charge >= 0.3 is 0 Å². The molecule has 2 aromatic rings. The fraction of sp³-hybridized carbons (Fsp3) is 0.400. The molecule has 0 bridgehead atoms. The molecule has 1 aliphatic carbocycles. The van der Waals surface area contributed by atoms with Gasteiger partial charge in [0, 0.05) is 18.2 Å². The van der Waals surface area contributed by atoms with Crippen molar-refractivity contribution in [3.63, 3.8) is 0 Å². The lowest BCUT2D eigenvalue weighted by atomic mass is 10.0. The van der Waals surface area contributed by atoms with Crippen LogP contribution in [0.5, 0.6) is 0 Å². The van der Waals surface area contributed by atoms with Gasteiger partial charge in [0.2, 0.25) is 0 Å². The molecule has 1 atom stereocenters. The molecule has 1 aliphatic rings. The van der Waals surface area contributed by atoms with Gasteiger partial charge in [-0.25, -0.2) is 0 Å². The van der Waals surface area contributed by atoms with Crippen LogP contribution in [0, 0.1) is 5.92 Å². The van der Waals surface area contributed by atoms with Gasteiger partial charge in [-0.3, -0.25) is 9.59 Å². The number of thiophene rings is 1. The van der Waals surface area contributed by atoms with E-state index in [9.17, 15) is 9.59 Å². The van der Waals surface area contributed by atoms with Crippen LogP contribution in [0.4, 0.5) is 5.00 Å². The number of hydrogen-bond donors (Lipinski definition) is 3. The van der Waals surface area contributed by atoms with Crippen LogP contribution in [-0.4, -0.2) is 24.4 Å². The molecule has 0 aliphatic heterocycles. The molecule has 7 heteroatoms. The summed E-state index contributed by atoms with van der Waals surface area (Å²) in [7, 11) is 0. The van der Waals surface area contributed by atoms with Crippen molar-refractivity contribution in [2.24, 2.45) is 11.7 Å². The van der Waals surface area contributed by atoms with Crippen molar-refractivity contribution in [3.8, 4) is 0 Å². The highest BCUT2D eigenvalue weighted by Gasteiger charge is 2.32. The molecule has 0 spiro atoms. The van der Waals surface area contributed by atoms with Crippen molar-refractivity contribution < 1.29 is 9.59 Å². The normalized spacial score (nSPS) is 14.4. The molecular weight excluding hydrogens is 382 g/mol. The molecule has 2 amide bonds. The van der Waals surface area contributed by atoms with Gasteiger partial charge in [0.25, 0.3) is 11.8 Å². The van der Waals surface area contributed by atoms with Crippen LogP contribution < -0.4 is 16.4 Å². The minimum atomic E-state index is -0.214. The molecule has 1 aromatic carbocycles. The molecule has 3 rings (SSSR count). The van der Waals surface area contributed by atoms with Crippen LogP contribution in [0.25, 0.3) is 0 Å². The summed E-state index contributed by atoms with van der Waals surface area (Å²) in [6, 6.07) is 9.30. The Labute approximate surface area is 170 Å². The number of rotatable bonds is 7. The summed E-state index contributed by atoms with van der Waals surface area (Å²) in [6.07, 6.45) is 2.23. The third kappa shape index (κ3) is 5.31. The van der Waals surface area contributed by atoms with E-state index in [0.717, 1.165) is 12.8 Å². The largest absolute Gasteiger partial charge is 0.348 e.